The van der Waals surface area contributed by atoms with E-state index < -0.39 is 0 Å². The molecule has 2 aromatic rings. The summed E-state index contributed by atoms with van der Waals surface area (Å²) < 4.78 is 13.1. The van der Waals surface area contributed by atoms with E-state index in [1.807, 2.05) is 6.07 Å². The number of aryl methyl sites for hydroxylation is 1. The molecule has 2 rings (SSSR count). The van der Waals surface area contributed by atoms with Gasteiger partial charge < -0.3 is 5.32 Å². The molecular formula is C13H16FN3S. The van der Waals surface area contributed by atoms with E-state index in [4.69, 9.17) is 0 Å². The van der Waals surface area contributed by atoms with Crippen molar-refractivity contribution in [3.63, 3.8) is 0 Å². The molecule has 1 heterocycles. The van der Waals surface area contributed by atoms with Gasteiger partial charge in [-0.05, 0) is 37.5 Å². The molecule has 3 nitrogen and oxygen atoms in total. The van der Waals surface area contributed by atoms with Gasteiger partial charge in [0.15, 0.2) is 0 Å². The molecule has 1 unspecified atom stereocenters. The number of nitrogens with zero attached hydrogens (tertiary/aromatic N) is 2. The van der Waals surface area contributed by atoms with Crippen molar-refractivity contribution in [2.24, 2.45) is 0 Å². The predicted octanol–water partition coefficient (Wildman–Crippen LogP) is 3.28. The average Bonchev–Trinajstić information content (AvgIpc) is 2.76. The van der Waals surface area contributed by atoms with Crippen LogP contribution in [0.25, 0.3) is 0 Å². The van der Waals surface area contributed by atoms with Gasteiger partial charge in [-0.15, -0.1) is 10.2 Å². The van der Waals surface area contributed by atoms with Crippen LogP contribution >= 0.6 is 11.3 Å². The van der Waals surface area contributed by atoms with E-state index in [2.05, 4.69) is 29.4 Å². The molecule has 0 fully saturated rings. The zero-order valence-corrected chi connectivity index (χ0v) is 11.3. The van der Waals surface area contributed by atoms with Crippen LogP contribution in [0.4, 0.5) is 9.52 Å². The summed E-state index contributed by atoms with van der Waals surface area (Å²) in [4.78, 5) is 0. The van der Waals surface area contributed by atoms with Gasteiger partial charge in [0.25, 0.3) is 0 Å². The fourth-order valence-corrected chi connectivity index (χ4v) is 2.53. The van der Waals surface area contributed by atoms with Crippen molar-refractivity contribution in [3.8, 4) is 0 Å². The van der Waals surface area contributed by atoms with Crippen LogP contribution < -0.4 is 5.32 Å². The molecule has 0 saturated heterocycles. The summed E-state index contributed by atoms with van der Waals surface area (Å²) in [6.45, 7) is 4.11. The van der Waals surface area contributed by atoms with Crippen molar-refractivity contribution in [3.05, 3.63) is 40.7 Å². The maximum atomic E-state index is 13.1. The molecule has 0 spiro atoms. The predicted molar refractivity (Wildman–Crippen MR) is 72.5 cm³/mol. The number of hydrogen-bond acceptors (Lipinski definition) is 4. The highest BCUT2D eigenvalue weighted by Crippen LogP contribution is 2.17. The minimum absolute atomic E-state index is 0.191. The van der Waals surface area contributed by atoms with Crippen LogP contribution in [0.15, 0.2) is 24.3 Å². The van der Waals surface area contributed by atoms with Gasteiger partial charge in [-0.2, -0.15) is 0 Å². The highest BCUT2D eigenvalue weighted by Gasteiger charge is 2.08. The van der Waals surface area contributed by atoms with Gasteiger partial charge in [-0.3, -0.25) is 0 Å². The van der Waals surface area contributed by atoms with Crippen molar-refractivity contribution >= 4 is 16.5 Å². The van der Waals surface area contributed by atoms with Crippen molar-refractivity contribution < 1.29 is 4.39 Å². The van der Waals surface area contributed by atoms with Crippen LogP contribution in [0.1, 0.15) is 24.4 Å². The van der Waals surface area contributed by atoms with Crippen LogP contribution in [0.5, 0.6) is 0 Å². The average molecular weight is 265 g/mol. The molecule has 18 heavy (non-hydrogen) atoms. The first-order valence-electron chi connectivity index (χ1n) is 6.00. The Morgan fingerprint density at radius 2 is 2.22 bits per heavy atom. The molecule has 0 saturated carbocycles. The van der Waals surface area contributed by atoms with Crippen LogP contribution in [0.2, 0.25) is 0 Å². The van der Waals surface area contributed by atoms with Gasteiger partial charge in [-0.1, -0.05) is 30.4 Å². The second-order valence-electron chi connectivity index (χ2n) is 4.23. The minimum atomic E-state index is -0.191. The molecule has 1 atom stereocenters. The third-order valence-corrected chi connectivity index (χ3v) is 3.57. The maximum Gasteiger partial charge on any atom is 0.205 e. The molecule has 1 aromatic heterocycles. The van der Waals surface area contributed by atoms with Crippen LogP contribution in [-0.4, -0.2) is 16.2 Å². The number of hydrogen-bond donors (Lipinski definition) is 1. The standard InChI is InChI=1S/C13H16FN3S/c1-3-12-16-17-13(18-12)15-9(2)7-10-5-4-6-11(14)8-10/h4-6,8-9H,3,7H2,1-2H3,(H,15,17). The van der Waals surface area contributed by atoms with E-state index in [1.54, 1.807) is 23.5 Å². The van der Waals surface area contributed by atoms with Gasteiger partial charge in [0, 0.05) is 6.04 Å². The molecule has 0 aliphatic heterocycles. The third kappa shape index (κ3) is 3.50. The highest BCUT2D eigenvalue weighted by molar-refractivity contribution is 7.15. The Morgan fingerprint density at radius 3 is 2.89 bits per heavy atom. The number of benzene rings is 1. The number of anilines is 1. The molecule has 0 bridgehead atoms. The zero-order chi connectivity index (χ0) is 13.0. The Kier molecular flexibility index (Phi) is 4.25. The summed E-state index contributed by atoms with van der Waals surface area (Å²) in [5.41, 5.74) is 0.982. The Balaban J connectivity index is 1.94. The van der Waals surface area contributed by atoms with Crippen LogP contribution in [0, 0.1) is 5.82 Å². The fourth-order valence-electron chi connectivity index (χ4n) is 1.73. The van der Waals surface area contributed by atoms with E-state index in [0.29, 0.717) is 0 Å². The molecule has 0 radical (unpaired) electrons. The summed E-state index contributed by atoms with van der Waals surface area (Å²) in [6.07, 6.45) is 1.66. The normalized spacial score (nSPS) is 12.4. The first kappa shape index (κ1) is 13.0. The quantitative estimate of drug-likeness (QED) is 0.901. The topological polar surface area (TPSA) is 37.8 Å². The van der Waals surface area contributed by atoms with E-state index in [0.717, 1.165) is 28.5 Å². The van der Waals surface area contributed by atoms with Crippen LogP contribution in [0.3, 0.4) is 0 Å². The SMILES string of the molecule is CCc1nnc(NC(C)Cc2cccc(F)c2)s1. The first-order valence-corrected chi connectivity index (χ1v) is 6.82. The second kappa shape index (κ2) is 5.91. The Morgan fingerprint density at radius 1 is 1.39 bits per heavy atom. The van der Waals surface area contributed by atoms with E-state index in [-0.39, 0.29) is 11.9 Å². The summed E-state index contributed by atoms with van der Waals surface area (Å²) in [5, 5.41) is 13.3. The van der Waals surface area contributed by atoms with Crippen molar-refractivity contribution in [1.82, 2.24) is 10.2 Å². The minimum Gasteiger partial charge on any atom is -0.357 e. The second-order valence-corrected chi connectivity index (χ2v) is 5.30. The molecule has 1 aromatic carbocycles. The Bertz CT molecular complexity index is 512. The lowest BCUT2D eigenvalue weighted by molar-refractivity contribution is 0.624. The lowest BCUT2D eigenvalue weighted by Gasteiger charge is -2.12. The number of nitrogens with one attached hydrogen (secondary N) is 1. The zero-order valence-electron chi connectivity index (χ0n) is 10.5. The monoisotopic (exact) mass is 265 g/mol. The molecular weight excluding hydrogens is 249 g/mol. The van der Waals surface area contributed by atoms with E-state index in [9.17, 15) is 4.39 Å². The van der Waals surface area contributed by atoms with Crippen molar-refractivity contribution in [1.29, 1.82) is 0 Å². The number of rotatable bonds is 5. The number of aromatic nitrogens is 2. The summed E-state index contributed by atoms with van der Waals surface area (Å²) in [7, 11) is 0. The smallest absolute Gasteiger partial charge is 0.205 e. The largest absolute Gasteiger partial charge is 0.357 e. The van der Waals surface area contributed by atoms with E-state index >= 15 is 0 Å². The van der Waals surface area contributed by atoms with Crippen LogP contribution in [-0.2, 0) is 12.8 Å². The summed E-state index contributed by atoms with van der Waals surface area (Å²) >= 11 is 1.57. The molecule has 0 amide bonds. The van der Waals surface area contributed by atoms with Gasteiger partial charge in [0.2, 0.25) is 5.13 Å². The molecule has 96 valence electrons. The molecule has 0 aliphatic rings. The van der Waals surface area contributed by atoms with Gasteiger partial charge in [-0.25, -0.2) is 4.39 Å². The molecule has 0 aliphatic carbocycles. The lowest BCUT2D eigenvalue weighted by Crippen LogP contribution is -2.17. The highest BCUT2D eigenvalue weighted by atomic mass is 32.1. The summed E-state index contributed by atoms with van der Waals surface area (Å²) in [5.74, 6) is -0.191. The fraction of sp³-hybridized carbons (Fsp3) is 0.385. The van der Waals surface area contributed by atoms with Gasteiger partial charge in [0.05, 0.1) is 0 Å². The third-order valence-electron chi connectivity index (χ3n) is 2.57. The maximum absolute atomic E-state index is 13.1. The van der Waals surface area contributed by atoms with Crippen molar-refractivity contribution in [2.75, 3.05) is 5.32 Å². The lowest BCUT2D eigenvalue weighted by atomic mass is 10.1. The Hall–Kier alpha value is -1.49. The molecule has 1 N–H and O–H groups in total. The molecule has 5 heteroatoms. The summed E-state index contributed by atoms with van der Waals surface area (Å²) in [6, 6.07) is 6.89. The van der Waals surface area contributed by atoms with Gasteiger partial charge >= 0.3 is 0 Å². The Labute approximate surface area is 110 Å². The number of halogens is 1. The van der Waals surface area contributed by atoms with Crippen molar-refractivity contribution in [2.45, 2.75) is 32.7 Å². The van der Waals surface area contributed by atoms with E-state index in [1.165, 1.54) is 6.07 Å². The first-order chi connectivity index (χ1) is 8.67. The van der Waals surface area contributed by atoms with Gasteiger partial charge in [0.1, 0.15) is 10.8 Å².